The van der Waals surface area contributed by atoms with Crippen LogP contribution in [-0.2, 0) is 7.05 Å². The summed E-state index contributed by atoms with van der Waals surface area (Å²) in [4.78, 5) is 5.75. The second-order valence-electron chi connectivity index (χ2n) is 5.53. The number of nitrogens with zero attached hydrogens (tertiary/aromatic N) is 3. The van der Waals surface area contributed by atoms with Crippen molar-refractivity contribution in [3.05, 3.63) is 18.2 Å². The average molecular weight is 290 g/mol. The van der Waals surface area contributed by atoms with Gasteiger partial charge in [-0.05, 0) is 32.4 Å². The Hall–Kier alpha value is -1.08. The number of rotatable bonds is 5. The van der Waals surface area contributed by atoms with Gasteiger partial charge >= 0.3 is 6.18 Å². The molecule has 1 saturated heterocycles. The van der Waals surface area contributed by atoms with Crippen LogP contribution in [0.5, 0.6) is 0 Å². The highest BCUT2D eigenvalue weighted by Gasteiger charge is 2.34. The van der Waals surface area contributed by atoms with Crippen LogP contribution < -0.4 is 5.32 Å². The molecule has 4 nitrogen and oxygen atoms in total. The van der Waals surface area contributed by atoms with Gasteiger partial charge in [-0.3, -0.25) is 4.90 Å². The predicted molar refractivity (Wildman–Crippen MR) is 70.2 cm³/mol. The second-order valence-corrected chi connectivity index (χ2v) is 5.53. The monoisotopic (exact) mass is 290 g/mol. The third-order valence-corrected chi connectivity index (χ3v) is 3.73. The third-order valence-electron chi connectivity index (χ3n) is 3.73. The van der Waals surface area contributed by atoms with Crippen LogP contribution in [0.15, 0.2) is 12.4 Å². The highest BCUT2D eigenvalue weighted by molar-refractivity contribution is 4.97. The van der Waals surface area contributed by atoms with Gasteiger partial charge in [0.1, 0.15) is 5.82 Å². The number of hydrogen-bond donors (Lipinski definition) is 1. The molecule has 2 heterocycles. The van der Waals surface area contributed by atoms with E-state index in [4.69, 9.17) is 0 Å². The molecule has 0 bridgehead atoms. The fourth-order valence-electron chi connectivity index (χ4n) is 2.71. The van der Waals surface area contributed by atoms with E-state index in [1.165, 1.54) is 4.90 Å². The highest BCUT2D eigenvalue weighted by atomic mass is 19.4. The maximum atomic E-state index is 12.3. The molecule has 0 aromatic carbocycles. The zero-order chi connectivity index (χ0) is 14.8. The van der Waals surface area contributed by atoms with Crippen molar-refractivity contribution in [3.8, 4) is 0 Å². The summed E-state index contributed by atoms with van der Waals surface area (Å²) < 4.78 is 38.9. The standard InChI is InChI=1S/C13H21F3N4/c1-10(12-17-4-6-19(12)2)18-7-11-3-5-20(8-11)9-13(14,15)16/h4,6,10-11,18H,3,5,7-9H2,1-2H3. The van der Waals surface area contributed by atoms with Gasteiger partial charge in [0, 0.05) is 26.0 Å². The maximum absolute atomic E-state index is 12.3. The number of likely N-dealkylation sites (tertiary alicyclic amines) is 1. The van der Waals surface area contributed by atoms with Crippen LogP contribution in [0.3, 0.4) is 0 Å². The molecule has 2 atom stereocenters. The van der Waals surface area contributed by atoms with Gasteiger partial charge in [0.15, 0.2) is 0 Å². The van der Waals surface area contributed by atoms with Crippen molar-refractivity contribution in [2.45, 2.75) is 25.6 Å². The minimum Gasteiger partial charge on any atom is -0.337 e. The lowest BCUT2D eigenvalue weighted by Gasteiger charge is -2.19. The van der Waals surface area contributed by atoms with Crippen molar-refractivity contribution in [2.75, 3.05) is 26.2 Å². The van der Waals surface area contributed by atoms with Crippen molar-refractivity contribution in [1.82, 2.24) is 19.8 Å². The Balaban J connectivity index is 1.75. The van der Waals surface area contributed by atoms with Gasteiger partial charge in [0.25, 0.3) is 0 Å². The number of imidazole rings is 1. The molecule has 1 aromatic rings. The van der Waals surface area contributed by atoms with E-state index < -0.39 is 12.7 Å². The van der Waals surface area contributed by atoms with Gasteiger partial charge in [0.05, 0.1) is 12.6 Å². The van der Waals surface area contributed by atoms with Crippen LogP contribution >= 0.6 is 0 Å². The van der Waals surface area contributed by atoms with Crippen LogP contribution in [-0.4, -0.2) is 46.8 Å². The van der Waals surface area contributed by atoms with Crippen molar-refractivity contribution in [3.63, 3.8) is 0 Å². The number of hydrogen-bond acceptors (Lipinski definition) is 3. The van der Waals surface area contributed by atoms with E-state index in [0.29, 0.717) is 13.1 Å². The van der Waals surface area contributed by atoms with Gasteiger partial charge < -0.3 is 9.88 Å². The summed E-state index contributed by atoms with van der Waals surface area (Å²) >= 11 is 0. The van der Waals surface area contributed by atoms with E-state index in [-0.39, 0.29) is 12.0 Å². The predicted octanol–water partition coefficient (Wildman–Crippen LogP) is 1.95. The topological polar surface area (TPSA) is 33.1 Å². The van der Waals surface area contributed by atoms with E-state index in [9.17, 15) is 13.2 Å². The molecule has 1 fully saturated rings. The number of aryl methyl sites for hydroxylation is 1. The summed E-state index contributed by atoms with van der Waals surface area (Å²) in [5.41, 5.74) is 0. The van der Waals surface area contributed by atoms with Crippen molar-refractivity contribution >= 4 is 0 Å². The molecule has 2 rings (SSSR count). The molecule has 1 N–H and O–H groups in total. The van der Waals surface area contributed by atoms with E-state index in [1.54, 1.807) is 6.20 Å². The first-order chi connectivity index (χ1) is 9.35. The number of aromatic nitrogens is 2. The molecular weight excluding hydrogens is 269 g/mol. The Labute approximate surface area is 117 Å². The molecule has 1 aromatic heterocycles. The summed E-state index contributed by atoms with van der Waals surface area (Å²) in [5, 5.41) is 3.36. The van der Waals surface area contributed by atoms with E-state index in [2.05, 4.69) is 10.3 Å². The van der Waals surface area contributed by atoms with Gasteiger partial charge in [-0.25, -0.2) is 4.98 Å². The smallest absolute Gasteiger partial charge is 0.337 e. The molecule has 0 radical (unpaired) electrons. The number of halogens is 3. The minimum atomic E-state index is -4.09. The molecule has 0 spiro atoms. The first-order valence-corrected chi connectivity index (χ1v) is 6.85. The molecular formula is C13H21F3N4. The van der Waals surface area contributed by atoms with Gasteiger partial charge in [-0.15, -0.1) is 0 Å². The number of nitrogens with one attached hydrogen (secondary N) is 1. The van der Waals surface area contributed by atoms with E-state index in [0.717, 1.165) is 18.8 Å². The van der Waals surface area contributed by atoms with Crippen molar-refractivity contribution in [1.29, 1.82) is 0 Å². The second kappa shape index (κ2) is 6.13. The Morgan fingerprint density at radius 2 is 2.25 bits per heavy atom. The SMILES string of the molecule is CC(NCC1CCN(CC(F)(F)F)C1)c1nccn1C. The van der Waals surface area contributed by atoms with Crippen molar-refractivity contribution in [2.24, 2.45) is 13.0 Å². The minimum absolute atomic E-state index is 0.103. The zero-order valence-corrected chi connectivity index (χ0v) is 11.8. The Kier molecular flexibility index (Phi) is 4.70. The Morgan fingerprint density at radius 3 is 2.85 bits per heavy atom. The largest absolute Gasteiger partial charge is 0.401 e. The first kappa shape index (κ1) is 15.3. The normalized spacial score (nSPS) is 22.4. The van der Waals surface area contributed by atoms with Crippen LogP contribution in [0.25, 0.3) is 0 Å². The molecule has 0 saturated carbocycles. The molecule has 1 aliphatic rings. The highest BCUT2D eigenvalue weighted by Crippen LogP contribution is 2.22. The molecule has 1 aliphatic heterocycles. The van der Waals surface area contributed by atoms with Gasteiger partial charge in [-0.1, -0.05) is 0 Å². The van der Waals surface area contributed by atoms with Crippen molar-refractivity contribution < 1.29 is 13.2 Å². The third kappa shape index (κ3) is 4.21. The summed E-state index contributed by atoms with van der Waals surface area (Å²) in [6, 6.07) is 0.103. The molecule has 2 unspecified atom stereocenters. The van der Waals surface area contributed by atoms with E-state index in [1.807, 2.05) is 24.7 Å². The van der Waals surface area contributed by atoms with Crippen LogP contribution in [0.4, 0.5) is 13.2 Å². The van der Waals surface area contributed by atoms with Gasteiger partial charge in [-0.2, -0.15) is 13.2 Å². The quantitative estimate of drug-likeness (QED) is 0.900. The Morgan fingerprint density at radius 1 is 1.50 bits per heavy atom. The fraction of sp³-hybridized carbons (Fsp3) is 0.769. The fourth-order valence-corrected chi connectivity index (χ4v) is 2.71. The number of alkyl halides is 3. The summed E-state index contributed by atoms with van der Waals surface area (Å²) in [5.74, 6) is 1.22. The zero-order valence-electron chi connectivity index (χ0n) is 11.8. The van der Waals surface area contributed by atoms with E-state index >= 15 is 0 Å². The molecule has 114 valence electrons. The lowest BCUT2D eigenvalue weighted by molar-refractivity contribution is -0.143. The lowest BCUT2D eigenvalue weighted by Crippen LogP contribution is -2.34. The maximum Gasteiger partial charge on any atom is 0.401 e. The molecule has 0 amide bonds. The van der Waals surface area contributed by atoms with Crippen LogP contribution in [0.2, 0.25) is 0 Å². The first-order valence-electron chi connectivity index (χ1n) is 6.85. The molecule has 0 aliphatic carbocycles. The van der Waals surface area contributed by atoms with Crippen LogP contribution in [0.1, 0.15) is 25.2 Å². The van der Waals surface area contributed by atoms with Crippen LogP contribution in [0, 0.1) is 5.92 Å². The summed E-state index contributed by atoms with van der Waals surface area (Å²) in [6.45, 7) is 2.99. The molecule has 20 heavy (non-hydrogen) atoms. The summed E-state index contributed by atoms with van der Waals surface area (Å²) in [7, 11) is 1.93. The molecule has 7 heteroatoms. The average Bonchev–Trinajstić information content (AvgIpc) is 2.93. The summed E-state index contributed by atoms with van der Waals surface area (Å²) in [6.07, 6.45) is 0.348. The lowest BCUT2D eigenvalue weighted by atomic mass is 10.1. The van der Waals surface area contributed by atoms with Gasteiger partial charge in [0.2, 0.25) is 0 Å². The Bertz CT molecular complexity index is 429.